The number of nitrogens with one attached hydrogen (secondary N) is 1. The molecule has 0 aliphatic carbocycles. The predicted molar refractivity (Wildman–Crippen MR) is 75.4 cm³/mol. The van der Waals surface area contributed by atoms with Gasteiger partial charge in [0.25, 0.3) is 0 Å². The van der Waals surface area contributed by atoms with Crippen molar-refractivity contribution in [1.29, 1.82) is 5.26 Å². The Bertz CT molecular complexity index is 474. The first-order valence-electron chi connectivity index (χ1n) is 7.22. The standard InChI is InChI=1S/C14H21N3O5/c1-9(18)17-8-10(19)7-12(17)13(20)16-11(14(21)22)5-3-2-4-6-15/h10-12,19H,2-5,7-8H2,1H3,(H,16,20)(H,21,22)/t10-,11-,12+/m1/s1. The van der Waals surface area contributed by atoms with Crippen LogP contribution in [0.15, 0.2) is 0 Å². The number of aliphatic carboxylic acids is 1. The fourth-order valence-electron chi connectivity index (χ4n) is 2.49. The molecule has 1 fully saturated rings. The van der Waals surface area contributed by atoms with E-state index in [1.165, 1.54) is 11.8 Å². The minimum atomic E-state index is -1.15. The van der Waals surface area contributed by atoms with Crippen LogP contribution in [0.5, 0.6) is 0 Å². The maximum atomic E-state index is 12.2. The van der Waals surface area contributed by atoms with E-state index in [1.54, 1.807) is 0 Å². The minimum absolute atomic E-state index is 0.0767. The summed E-state index contributed by atoms with van der Waals surface area (Å²) in [5.74, 6) is -2.06. The van der Waals surface area contributed by atoms with Crippen LogP contribution in [0, 0.1) is 11.3 Å². The van der Waals surface area contributed by atoms with Crippen LogP contribution in [0.25, 0.3) is 0 Å². The molecular weight excluding hydrogens is 290 g/mol. The highest BCUT2D eigenvalue weighted by Gasteiger charge is 2.38. The van der Waals surface area contributed by atoms with Gasteiger partial charge in [-0.3, -0.25) is 9.59 Å². The number of carbonyl (C=O) groups is 3. The van der Waals surface area contributed by atoms with E-state index in [9.17, 15) is 19.5 Å². The number of β-amino-alcohol motifs (C(OH)–C–C–N with tert-alkyl or cyclic N) is 1. The van der Waals surface area contributed by atoms with E-state index in [0.717, 1.165) is 0 Å². The molecule has 0 spiro atoms. The number of amides is 2. The second-order valence-corrected chi connectivity index (χ2v) is 5.38. The lowest BCUT2D eigenvalue weighted by atomic mass is 10.1. The Balaban J connectivity index is 2.60. The van der Waals surface area contributed by atoms with E-state index >= 15 is 0 Å². The highest BCUT2D eigenvalue weighted by atomic mass is 16.4. The number of aliphatic hydroxyl groups excluding tert-OH is 1. The van der Waals surface area contributed by atoms with Crippen LogP contribution in [-0.4, -0.2) is 57.6 Å². The molecule has 2 amide bonds. The molecule has 1 aliphatic heterocycles. The molecule has 22 heavy (non-hydrogen) atoms. The first-order chi connectivity index (χ1) is 10.4. The van der Waals surface area contributed by atoms with Crippen LogP contribution in [0.2, 0.25) is 0 Å². The van der Waals surface area contributed by atoms with Gasteiger partial charge in [-0.1, -0.05) is 0 Å². The predicted octanol–water partition coefficient (Wildman–Crippen LogP) is -0.379. The molecule has 1 aliphatic rings. The van der Waals surface area contributed by atoms with Crippen molar-refractivity contribution in [1.82, 2.24) is 10.2 Å². The van der Waals surface area contributed by atoms with E-state index in [0.29, 0.717) is 19.3 Å². The summed E-state index contributed by atoms with van der Waals surface area (Å²) in [5.41, 5.74) is 0. The van der Waals surface area contributed by atoms with E-state index in [4.69, 9.17) is 10.4 Å². The summed E-state index contributed by atoms with van der Waals surface area (Å²) in [7, 11) is 0. The maximum absolute atomic E-state index is 12.2. The summed E-state index contributed by atoms with van der Waals surface area (Å²) in [6, 6.07) is 0.0756. The summed E-state index contributed by atoms with van der Waals surface area (Å²) in [5, 5.41) is 29.6. The molecule has 0 saturated carbocycles. The van der Waals surface area contributed by atoms with Crippen LogP contribution in [0.4, 0.5) is 0 Å². The fraction of sp³-hybridized carbons (Fsp3) is 0.714. The van der Waals surface area contributed by atoms with Crippen LogP contribution in [0.3, 0.4) is 0 Å². The normalized spacial score (nSPS) is 22.0. The monoisotopic (exact) mass is 311 g/mol. The molecule has 1 rings (SSSR count). The number of carboxylic acid groups (broad SMARTS) is 1. The quantitative estimate of drug-likeness (QED) is 0.549. The highest BCUT2D eigenvalue weighted by molar-refractivity contribution is 5.90. The van der Waals surface area contributed by atoms with Gasteiger partial charge in [-0.25, -0.2) is 4.79 Å². The van der Waals surface area contributed by atoms with Crippen molar-refractivity contribution in [3.63, 3.8) is 0 Å². The second-order valence-electron chi connectivity index (χ2n) is 5.38. The lowest BCUT2D eigenvalue weighted by molar-refractivity contribution is -0.143. The average Bonchev–Trinajstić information content (AvgIpc) is 2.84. The Labute approximate surface area is 128 Å². The van der Waals surface area contributed by atoms with Gasteiger partial charge in [-0.15, -0.1) is 0 Å². The van der Waals surface area contributed by atoms with Gasteiger partial charge in [0.15, 0.2) is 0 Å². The van der Waals surface area contributed by atoms with Crippen molar-refractivity contribution in [2.45, 2.75) is 57.2 Å². The Morgan fingerprint density at radius 1 is 1.41 bits per heavy atom. The third-order valence-electron chi connectivity index (χ3n) is 3.63. The summed E-state index contributed by atoms with van der Waals surface area (Å²) >= 11 is 0. The smallest absolute Gasteiger partial charge is 0.326 e. The molecule has 0 aromatic rings. The number of aliphatic hydroxyl groups is 1. The number of carboxylic acids is 1. The number of carbonyl (C=O) groups excluding carboxylic acids is 2. The zero-order valence-corrected chi connectivity index (χ0v) is 12.5. The van der Waals surface area contributed by atoms with Crippen molar-refractivity contribution in [3.8, 4) is 6.07 Å². The topological polar surface area (TPSA) is 131 Å². The zero-order chi connectivity index (χ0) is 16.7. The molecule has 0 aromatic heterocycles. The van der Waals surface area contributed by atoms with E-state index in [2.05, 4.69) is 5.32 Å². The number of unbranched alkanes of at least 4 members (excludes halogenated alkanes) is 2. The Hall–Kier alpha value is -2.14. The van der Waals surface area contributed by atoms with Gasteiger partial charge in [0, 0.05) is 26.3 Å². The van der Waals surface area contributed by atoms with E-state index < -0.39 is 30.1 Å². The number of nitrogens with zero attached hydrogens (tertiary/aromatic N) is 2. The van der Waals surface area contributed by atoms with Crippen molar-refractivity contribution in [2.24, 2.45) is 0 Å². The summed E-state index contributed by atoms with van der Waals surface area (Å²) in [6.45, 7) is 1.38. The molecule has 122 valence electrons. The Morgan fingerprint density at radius 3 is 2.64 bits per heavy atom. The molecule has 0 aromatic carbocycles. The molecular formula is C14H21N3O5. The number of hydrogen-bond donors (Lipinski definition) is 3. The third kappa shape index (κ3) is 5.00. The molecule has 0 unspecified atom stereocenters. The van der Waals surface area contributed by atoms with Crippen molar-refractivity contribution < 1.29 is 24.6 Å². The summed E-state index contributed by atoms with van der Waals surface area (Å²) in [6.07, 6.45) is 0.961. The Kier molecular flexibility index (Phi) is 6.79. The molecule has 3 N–H and O–H groups in total. The number of nitriles is 1. The van der Waals surface area contributed by atoms with Crippen molar-refractivity contribution >= 4 is 17.8 Å². The number of rotatable bonds is 7. The molecule has 1 saturated heterocycles. The van der Waals surface area contributed by atoms with Crippen LogP contribution < -0.4 is 5.32 Å². The molecule has 0 radical (unpaired) electrons. The fourth-order valence-corrected chi connectivity index (χ4v) is 2.49. The van der Waals surface area contributed by atoms with Gasteiger partial charge in [-0.2, -0.15) is 5.26 Å². The SMILES string of the molecule is CC(=O)N1C[C@H](O)C[C@H]1C(=O)N[C@H](CCCCC#N)C(=O)O. The van der Waals surface area contributed by atoms with Gasteiger partial charge in [-0.05, 0) is 19.3 Å². The van der Waals surface area contributed by atoms with E-state index in [1.807, 2.05) is 6.07 Å². The van der Waals surface area contributed by atoms with Gasteiger partial charge in [0.1, 0.15) is 12.1 Å². The molecule has 1 heterocycles. The first kappa shape index (κ1) is 17.9. The van der Waals surface area contributed by atoms with Crippen molar-refractivity contribution in [3.05, 3.63) is 0 Å². The maximum Gasteiger partial charge on any atom is 0.326 e. The molecule has 3 atom stereocenters. The van der Waals surface area contributed by atoms with Gasteiger partial charge < -0.3 is 20.4 Å². The van der Waals surface area contributed by atoms with E-state index in [-0.39, 0.29) is 25.3 Å². The lowest BCUT2D eigenvalue weighted by Gasteiger charge is -2.24. The average molecular weight is 311 g/mol. The van der Waals surface area contributed by atoms with Crippen LogP contribution in [-0.2, 0) is 14.4 Å². The first-order valence-corrected chi connectivity index (χ1v) is 7.22. The van der Waals surface area contributed by atoms with Gasteiger partial charge in [0.05, 0.1) is 12.2 Å². The number of hydrogen-bond acceptors (Lipinski definition) is 5. The molecule has 8 heteroatoms. The minimum Gasteiger partial charge on any atom is -0.480 e. The summed E-state index contributed by atoms with van der Waals surface area (Å²) in [4.78, 5) is 36.1. The van der Waals surface area contributed by atoms with Crippen LogP contribution >= 0.6 is 0 Å². The summed E-state index contributed by atoms with van der Waals surface area (Å²) < 4.78 is 0. The Morgan fingerprint density at radius 2 is 2.09 bits per heavy atom. The highest BCUT2D eigenvalue weighted by Crippen LogP contribution is 2.18. The largest absolute Gasteiger partial charge is 0.480 e. The van der Waals surface area contributed by atoms with Gasteiger partial charge >= 0.3 is 5.97 Å². The van der Waals surface area contributed by atoms with Gasteiger partial charge in [0.2, 0.25) is 11.8 Å². The lowest BCUT2D eigenvalue weighted by Crippen LogP contribution is -2.50. The second kappa shape index (κ2) is 8.34. The van der Waals surface area contributed by atoms with Crippen LogP contribution in [0.1, 0.15) is 39.0 Å². The zero-order valence-electron chi connectivity index (χ0n) is 12.5. The molecule has 0 bridgehead atoms. The number of likely N-dealkylation sites (tertiary alicyclic amines) is 1. The molecule has 8 nitrogen and oxygen atoms in total. The van der Waals surface area contributed by atoms with Crippen molar-refractivity contribution in [2.75, 3.05) is 6.54 Å². The third-order valence-corrected chi connectivity index (χ3v) is 3.63.